The summed E-state index contributed by atoms with van der Waals surface area (Å²) in [6.07, 6.45) is 7.58. The van der Waals surface area contributed by atoms with Crippen LogP contribution in [0.25, 0.3) is 11.4 Å². The lowest BCUT2D eigenvalue weighted by Gasteiger charge is -2.22. The summed E-state index contributed by atoms with van der Waals surface area (Å²) in [5, 5.41) is 0. The van der Waals surface area contributed by atoms with Gasteiger partial charge in [-0.15, -0.1) is 0 Å². The summed E-state index contributed by atoms with van der Waals surface area (Å²) < 4.78 is 24.9. The molecule has 1 heterocycles. The first-order valence-electron chi connectivity index (χ1n) is 12.8. The largest absolute Gasteiger partial charge is 0.490 e. The highest BCUT2D eigenvalue weighted by atomic mass is 16.5. The molecule has 0 amide bonds. The molecule has 0 fully saturated rings. The van der Waals surface area contributed by atoms with E-state index in [1.54, 1.807) is 0 Å². The van der Waals surface area contributed by atoms with Crippen LogP contribution in [-0.4, -0.2) is 48.1 Å². The number of anilines is 1. The van der Waals surface area contributed by atoms with Gasteiger partial charge in [-0.25, -0.2) is 4.99 Å². The van der Waals surface area contributed by atoms with E-state index in [1.165, 1.54) is 0 Å². The number of nitrogens with zero attached hydrogens (tertiary/aromatic N) is 4. The molecule has 0 radical (unpaired) electrons. The summed E-state index contributed by atoms with van der Waals surface area (Å²) in [5.74, 6) is 2.56. The van der Waals surface area contributed by atoms with Gasteiger partial charge in [0.1, 0.15) is 5.56 Å². The fraction of sp³-hybridized carbons (Fsp3) is 0.615. The van der Waals surface area contributed by atoms with Crippen LogP contribution < -0.4 is 24.7 Å². The van der Waals surface area contributed by atoms with Gasteiger partial charge in [-0.3, -0.25) is 0 Å². The molecule has 9 nitrogen and oxygen atoms in total. The predicted octanol–water partition coefficient (Wildman–Crippen LogP) is 6.17. The third-order valence-corrected chi connectivity index (χ3v) is 5.17. The molecular formula is C26H41N5O4. The molecule has 2 rings (SSSR count). The van der Waals surface area contributed by atoms with E-state index in [4.69, 9.17) is 24.7 Å². The molecule has 0 aliphatic heterocycles. The Hall–Kier alpha value is -3.10. The first-order valence-corrected chi connectivity index (χ1v) is 12.8. The molecule has 1 aromatic carbocycles. The van der Waals surface area contributed by atoms with E-state index in [-0.39, 0.29) is 17.7 Å². The zero-order chi connectivity index (χ0) is 25.5. The SMILES string of the molecule is C=Nc1nc(N)nc(-c2c(OCCCC)c(OCCCC)cc(OCCCC)c2OCCCC)n1. The van der Waals surface area contributed by atoms with Crippen molar-refractivity contribution in [2.45, 2.75) is 79.1 Å². The number of ether oxygens (including phenoxy) is 4. The molecule has 1 aromatic heterocycles. The molecule has 9 heteroatoms. The lowest BCUT2D eigenvalue weighted by Crippen LogP contribution is -2.10. The van der Waals surface area contributed by atoms with E-state index in [0.717, 1.165) is 51.4 Å². The zero-order valence-corrected chi connectivity index (χ0v) is 21.8. The van der Waals surface area contributed by atoms with Crippen molar-refractivity contribution in [3.05, 3.63) is 6.07 Å². The van der Waals surface area contributed by atoms with Crippen molar-refractivity contribution in [1.29, 1.82) is 0 Å². The van der Waals surface area contributed by atoms with Gasteiger partial charge in [0, 0.05) is 6.07 Å². The van der Waals surface area contributed by atoms with Crippen LogP contribution in [0, 0.1) is 0 Å². The Balaban J connectivity index is 2.76. The fourth-order valence-corrected chi connectivity index (χ4v) is 3.16. The van der Waals surface area contributed by atoms with Gasteiger partial charge in [-0.2, -0.15) is 15.0 Å². The van der Waals surface area contributed by atoms with Crippen LogP contribution >= 0.6 is 0 Å². The van der Waals surface area contributed by atoms with E-state index in [9.17, 15) is 0 Å². The maximum absolute atomic E-state index is 6.29. The van der Waals surface area contributed by atoms with Crippen molar-refractivity contribution in [2.75, 3.05) is 32.2 Å². The molecule has 0 atom stereocenters. The van der Waals surface area contributed by atoms with E-state index < -0.39 is 0 Å². The highest BCUT2D eigenvalue weighted by Gasteiger charge is 2.27. The highest BCUT2D eigenvalue weighted by Crippen LogP contribution is 2.50. The van der Waals surface area contributed by atoms with Crippen LogP contribution in [0.15, 0.2) is 11.1 Å². The zero-order valence-electron chi connectivity index (χ0n) is 21.8. The minimum Gasteiger partial charge on any atom is -0.490 e. The predicted molar refractivity (Wildman–Crippen MR) is 140 cm³/mol. The molecular weight excluding hydrogens is 446 g/mol. The third-order valence-electron chi connectivity index (χ3n) is 5.17. The first kappa shape index (κ1) is 28.1. The Morgan fingerprint density at radius 2 is 1.17 bits per heavy atom. The van der Waals surface area contributed by atoms with Crippen LogP contribution in [0.3, 0.4) is 0 Å². The van der Waals surface area contributed by atoms with E-state index in [1.807, 2.05) is 6.07 Å². The molecule has 0 saturated carbocycles. The van der Waals surface area contributed by atoms with Crippen LogP contribution in [0.5, 0.6) is 23.0 Å². The third kappa shape index (κ3) is 8.56. The van der Waals surface area contributed by atoms with Gasteiger partial charge in [0.2, 0.25) is 5.95 Å². The van der Waals surface area contributed by atoms with Gasteiger partial charge >= 0.3 is 0 Å². The molecule has 0 unspecified atom stereocenters. The fourth-order valence-electron chi connectivity index (χ4n) is 3.16. The average molecular weight is 488 g/mol. The lowest BCUT2D eigenvalue weighted by atomic mass is 10.1. The van der Waals surface area contributed by atoms with Gasteiger partial charge in [0.15, 0.2) is 28.8 Å². The monoisotopic (exact) mass is 487 g/mol. The average Bonchev–Trinajstić information content (AvgIpc) is 2.85. The van der Waals surface area contributed by atoms with Gasteiger partial charge in [0.05, 0.1) is 26.4 Å². The quantitative estimate of drug-likeness (QED) is 0.196. The molecule has 0 spiro atoms. The molecule has 2 aromatic rings. The molecule has 194 valence electrons. The van der Waals surface area contributed by atoms with Crippen LogP contribution in [-0.2, 0) is 0 Å². The Labute approximate surface area is 209 Å². The number of nitrogens with two attached hydrogens (primary N) is 1. The molecule has 0 bridgehead atoms. The molecule has 0 saturated heterocycles. The minimum absolute atomic E-state index is 0.0298. The minimum atomic E-state index is 0.0298. The van der Waals surface area contributed by atoms with Gasteiger partial charge in [-0.1, -0.05) is 53.4 Å². The number of benzene rings is 1. The number of nitrogen functional groups attached to an aromatic ring is 1. The maximum Gasteiger partial charge on any atom is 0.254 e. The van der Waals surface area contributed by atoms with Crippen molar-refractivity contribution in [1.82, 2.24) is 15.0 Å². The van der Waals surface area contributed by atoms with Crippen molar-refractivity contribution in [3.8, 4) is 34.4 Å². The Morgan fingerprint density at radius 3 is 1.60 bits per heavy atom. The Kier molecular flexibility index (Phi) is 12.7. The van der Waals surface area contributed by atoms with Crippen LogP contribution in [0.2, 0.25) is 0 Å². The normalized spacial score (nSPS) is 10.7. The van der Waals surface area contributed by atoms with Crippen molar-refractivity contribution in [3.63, 3.8) is 0 Å². The summed E-state index contributed by atoms with van der Waals surface area (Å²) in [6, 6.07) is 1.86. The number of hydrogen-bond donors (Lipinski definition) is 1. The molecule has 0 aliphatic rings. The van der Waals surface area contributed by atoms with E-state index in [0.29, 0.717) is 55.0 Å². The molecule has 2 N–H and O–H groups in total. The van der Waals surface area contributed by atoms with Crippen molar-refractivity contribution in [2.24, 2.45) is 4.99 Å². The summed E-state index contributed by atoms with van der Waals surface area (Å²) in [4.78, 5) is 16.8. The second-order valence-electron chi connectivity index (χ2n) is 8.19. The van der Waals surface area contributed by atoms with Crippen molar-refractivity contribution < 1.29 is 18.9 Å². The smallest absolute Gasteiger partial charge is 0.254 e. The van der Waals surface area contributed by atoms with E-state index >= 15 is 0 Å². The number of rotatable bonds is 18. The molecule has 0 aliphatic carbocycles. The van der Waals surface area contributed by atoms with Crippen molar-refractivity contribution >= 4 is 18.6 Å². The topological polar surface area (TPSA) is 114 Å². The Bertz CT molecular complexity index is 881. The van der Waals surface area contributed by atoms with Gasteiger partial charge < -0.3 is 24.7 Å². The van der Waals surface area contributed by atoms with Gasteiger partial charge in [0.25, 0.3) is 5.95 Å². The Morgan fingerprint density at radius 1 is 0.714 bits per heavy atom. The summed E-state index contributed by atoms with van der Waals surface area (Å²) in [5.41, 5.74) is 6.52. The number of hydrogen-bond acceptors (Lipinski definition) is 9. The lowest BCUT2D eigenvalue weighted by molar-refractivity contribution is 0.243. The summed E-state index contributed by atoms with van der Waals surface area (Å²) >= 11 is 0. The standard InChI is InChI=1S/C26H41N5O4/c1-6-10-14-32-19-18-20(33-15-11-7-2)23(35-17-13-9-4)21(22(19)34-16-12-8-3)24-29-25(27)31-26(28-5)30-24/h18H,5-17H2,1-4H3,(H2,27,29,30,31). The number of aromatic nitrogens is 3. The molecule has 35 heavy (non-hydrogen) atoms. The van der Waals surface area contributed by atoms with Crippen LogP contribution in [0.4, 0.5) is 11.9 Å². The summed E-state index contributed by atoms with van der Waals surface area (Å²) in [6.45, 7) is 14.1. The second-order valence-corrected chi connectivity index (χ2v) is 8.19. The van der Waals surface area contributed by atoms with Crippen LogP contribution in [0.1, 0.15) is 79.1 Å². The van der Waals surface area contributed by atoms with Gasteiger partial charge in [-0.05, 0) is 32.4 Å². The maximum atomic E-state index is 6.29. The second kappa shape index (κ2) is 15.7. The first-order chi connectivity index (χ1) is 17.1. The highest BCUT2D eigenvalue weighted by molar-refractivity contribution is 5.80. The number of unbranched alkanes of at least 4 members (excludes halogenated alkanes) is 4. The number of aliphatic imine (C=N–C) groups is 1. The summed E-state index contributed by atoms with van der Waals surface area (Å²) in [7, 11) is 0. The van der Waals surface area contributed by atoms with E-state index in [2.05, 4.69) is 54.4 Å².